The highest BCUT2D eigenvalue weighted by molar-refractivity contribution is 6.47. The maximum Gasteiger partial charge on any atom is 0.314 e. The number of nitrogens with zero attached hydrogens (tertiary/aromatic N) is 1. The largest absolute Gasteiger partial charge is 0.318 e. The minimum atomic E-state index is -0.951. The molecule has 2 aromatic rings. The van der Waals surface area contributed by atoms with Crippen LogP contribution in [0.25, 0.3) is 0 Å². The third-order valence-electron chi connectivity index (χ3n) is 2.74. The van der Waals surface area contributed by atoms with E-state index in [0.717, 1.165) is 0 Å². The molecule has 9 heteroatoms. The van der Waals surface area contributed by atoms with E-state index in [0.29, 0.717) is 0 Å². The standard InChI is InChI=1S/C14H9Cl2N3O4/c15-10-2-1-3-11(12(10)16)18-14(21)13(20)17-8-4-6-9(7-5-8)19(22)23/h1-7H,(H,17,20)(H,18,21). The van der Waals surface area contributed by atoms with E-state index in [2.05, 4.69) is 10.6 Å². The van der Waals surface area contributed by atoms with Crippen LogP contribution in [0.3, 0.4) is 0 Å². The molecule has 2 aromatic carbocycles. The predicted molar refractivity (Wildman–Crippen MR) is 86.8 cm³/mol. The van der Waals surface area contributed by atoms with Gasteiger partial charge in [0.2, 0.25) is 0 Å². The number of carbonyl (C=O) groups is 2. The maximum atomic E-state index is 11.8. The zero-order valence-corrected chi connectivity index (χ0v) is 12.9. The quantitative estimate of drug-likeness (QED) is 0.500. The van der Waals surface area contributed by atoms with Crippen LogP contribution in [-0.2, 0) is 9.59 Å². The number of hydrogen-bond acceptors (Lipinski definition) is 4. The number of nitro groups is 1. The number of nitro benzene ring substituents is 1. The van der Waals surface area contributed by atoms with Crippen molar-refractivity contribution in [3.05, 3.63) is 62.6 Å². The molecule has 0 unspecified atom stereocenters. The smallest absolute Gasteiger partial charge is 0.314 e. The van der Waals surface area contributed by atoms with E-state index >= 15 is 0 Å². The summed E-state index contributed by atoms with van der Waals surface area (Å²) >= 11 is 11.7. The van der Waals surface area contributed by atoms with Gasteiger partial charge < -0.3 is 10.6 Å². The van der Waals surface area contributed by atoms with Gasteiger partial charge in [-0.15, -0.1) is 0 Å². The summed E-state index contributed by atoms with van der Waals surface area (Å²) in [6, 6.07) is 9.65. The molecule has 7 nitrogen and oxygen atoms in total. The first-order valence-corrected chi connectivity index (χ1v) is 6.95. The molecule has 0 spiro atoms. The van der Waals surface area contributed by atoms with Crippen LogP contribution in [-0.4, -0.2) is 16.7 Å². The normalized spacial score (nSPS) is 10.0. The lowest BCUT2D eigenvalue weighted by Gasteiger charge is -2.08. The van der Waals surface area contributed by atoms with Gasteiger partial charge in [0.1, 0.15) is 0 Å². The van der Waals surface area contributed by atoms with Gasteiger partial charge in [-0.3, -0.25) is 19.7 Å². The van der Waals surface area contributed by atoms with Gasteiger partial charge in [-0.1, -0.05) is 29.3 Å². The molecular weight excluding hydrogens is 345 g/mol. The summed E-state index contributed by atoms with van der Waals surface area (Å²) in [5.41, 5.74) is 0.314. The van der Waals surface area contributed by atoms with Crippen molar-refractivity contribution in [1.29, 1.82) is 0 Å². The van der Waals surface area contributed by atoms with Crippen molar-refractivity contribution >= 4 is 52.1 Å². The van der Waals surface area contributed by atoms with Crippen LogP contribution in [0.5, 0.6) is 0 Å². The Kier molecular flexibility index (Phi) is 5.15. The highest BCUT2D eigenvalue weighted by Gasteiger charge is 2.16. The third kappa shape index (κ3) is 4.18. The number of hydrogen-bond donors (Lipinski definition) is 2. The summed E-state index contributed by atoms with van der Waals surface area (Å²) in [5.74, 6) is -1.90. The molecule has 0 aliphatic rings. The summed E-state index contributed by atoms with van der Waals surface area (Å²) in [6.07, 6.45) is 0. The van der Waals surface area contributed by atoms with E-state index in [9.17, 15) is 19.7 Å². The SMILES string of the molecule is O=C(Nc1ccc([N+](=O)[O-])cc1)C(=O)Nc1cccc(Cl)c1Cl. The number of non-ortho nitro benzene ring substituents is 1. The second-order valence-electron chi connectivity index (χ2n) is 4.31. The fourth-order valence-electron chi connectivity index (χ4n) is 1.63. The first-order valence-electron chi connectivity index (χ1n) is 6.19. The summed E-state index contributed by atoms with van der Waals surface area (Å²) in [6.45, 7) is 0. The Bertz CT molecular complexity index is 778. The Morgan fingerprint density at radius 3 is 2.17 bits per heavy atom. The number of anilines is 2. The van der Waals surface area contributed by atoms with Gasteiger partial charge in [0.15, 0.2) is 0 Å². The lowest BCUT2D eigenvalue weighted by Crippen LogP contribution is -2.29. The molecule has 0 bridgehead atoms. The summed E-state index contributed by atoms with van der Waals surface area (Å²) in [7, 11) is 0. The van der Waals surface area contributed by atoms with Crippen molar-refractivity contribution in [1.82, 2.24) is 0 Å². The number of amides is 2. The molecule has 2 rings (SSSR count). The first kappa shape index (κ1) is 16.7. The zero-order chi connectivity index (χ0) is 17.0. The molecule has 2 amide bonds. The number of rotatable bonds is 3. The van der Waals surface area contributed by atoms with Gasteiger partial charge in [0.25, 0.3) is 5.69 Å². The van der Waals surface area contributed by atoms with Gasteiger partial charge in [-0.25, -0.2) is 0 Å². The van der Waals surface area contributed by atoms with Crippen molar-refractivity contribution in [3.63, 3.8) is 0 Å². The monoisotopic (exact) mass is 353 g/mol. The molecule has 0 heterocycles. The van der Waals surface area contributed by atoms with Crippen LogP contribution in [0.4, 0.5) is 17.1 Å². The average molecular weight is 354 g/mol. The Hall–Kier alpha value is -2.64. The number of nitrogens with one attached hydrogen (secondary N) is 2. The van der Waals surface area contributed by atoms with Crippen LogP contribution in [0.2, 0.25) is 10.0 Å². The van der Waals surface area contributed by atoms with E-state index in [4.69, 9.17) is 23.2 Å². The molecule has 2 N–H and O–H groups in total. The molecule has 0 radical (unpaired) electrons. The van der Waals surface area contributed by atoms with Crippen LogP contribution in [0, 0.1) is 10.1 Å². The average Bonchev–Trinajstić information content (AvgIpc) is 2.52. The maximum absolute atomic E-state index is 11.8. The van der Waals surface area contributed by atoms with Crippen LogP contribution in [0.1, 0.15) is 0 Å². The highest BCUT2D eigenvalue weighted by Crippen LogP contribution is 2.29. The zero-order valence-electron chi connectivity index (χ0n) is 11.4. The molecule has 23 heavy (non-hydrogen) atoms. The topological polar surface area (TPSA) is 101 Å². The third-order valence-corrected chi connectivity index (χ3v) is 3.56. The lowest BCUT2D eigenvalue weighted by molar-refractivity contribution is -0.384. The molecule has 0 aromatic heterocycles. The molecule has 0 aliphatic heterocycles. The molecule has 0 aliphatic carbocycles. The molecule has 0 atom stereocenters. The fourth-order valence-corrected chi connectivity index (χ4v) is 1.98. The Morgan fingerprint density at radius 2 is 1.57 bits per heavy atom. The van der Waals surface area contributed by atoms with Crippen LogP contribution < -0.4 is 10.6 Å². The first-order chi connectivity index (χ1) is 10.9. The Labute approximate surface area is 140 Å². The fraction of sp³-hybridized carbons (Fsp3) is 0. The van der Waals surface area contributed by atoms with Crippen molar-refractivity contribution in [2.75, 3.05) is 10.6 Å². The van der Waals surface area contributed by atoms with E-state index in [1.54, 1.807) is 6.07 Å². The highest BCUT2D eigenvalue weighted by atomic mass is 35.5. The number of halogens is 2. The number of carbonyl (C=O) groups excluding carboxylic acids is 2. The van der Waals surface area contributed by atoms with E-state index in [-0.39, 0.29) is 27.1 Å². The van der Waals surface area contributed by atoms with Crippen molar-refractivity contribution in [3.8, 4) is 0 Å². The van der Waals surface area contributed by atoms with Gasteiger partial charge in [0.05, 0.1) is 20.7 Å². The molecule has 0 saturated heterocycles. The summed E-state index contributed by atoms with van der Waals surface area (Å²) in [4.78, 5) is 33.6. The van der Waals surface area contributed by atoms with Gasteiger partial charge in [-0.2, -0.15) is 0 Å². The lowest BCUT2D eigenvalue weighted by atomic mass is 10.3. The Morgan fingerprint density at radius 1 is 0.957 bits per heavy atom. The molecule has 118 valence electrons. The van der Waals surface area contributed by atoms with E-state index in [1.807, 2.05) is 0 Å². The molecule has 0 saturated carbocycles. The van der Waals surface area contributed by atoms with Gasteiger partial charge in [0, 0.05) is 17.8 Å². The molecular formula is C14H9Cl2N3O4. The van der Waals surface area contributed by atoms with E-state index < -0.39 is 16.7 Å². The van der Waals surface area contributed by atoms with E-state index in [1.165, 1.54) is 36.4 Å². The minimum absolute atomic E-state index is 0.116. The van der Waals surface area contributed by atoms with Gasteiger partial charge in [-0.05, 0) is 24.3 Å². The Balaban J connectivity index is 2.04. The predicted octanol–water partition coefficient (Wildman–Crippen LogP) is 3.48. The number of benzene rings is 2. The molecule has 0 fully saturated rings. The van der Waals surface area contributed by atoms with Crippen molar-refractivity contribution in [2.45, 2.75) is 0 Å². The second kappa shape index (κ2) is 7.08. The van der Waals surface area contributed by atoms with Crippen LogP contribution in [0.15, 0.2) is 42.5 Å². The second-order valence-corrected chi connectivity index (χ2v) is 5.10. The van der Waals surface area contributed by atoms with Gasteiger partial charge >= 0.3 is 11.8 Å². The van der Waals surface area contributed by atoms with Crippen molar-refractivity contribution in [2.24, 2.45) is 0 Å². The minimum Gasteiger partial charge on any atom is -0.318 e. The van der Waals surface area contributed by atoms with Crippen molar-refractivity contribution < 1.29 is 14.5 Å². The summed E-state index contributed by atoms with van der Waals surface area (Å²) in [5, 5.41) is 15.5. The van der Waals surface area contributed by atoms with Crippen LogP contribution >= 0.6 is 23.2 Å². The summed E-state index contributed by atoms with van der Waals surface area (Å²) < 4.78 is 0.